The minimum Gasteiger partial charge on any atom is -0.379 e. The second-order valence-corrected chi connectivity index (χ2v) is 5.35. The van der Waals surface area contributed by atoms with E-state index < -0.39 is 5.60 Å². The molecule has 1 fully saturated rings. The van der Waals surface area contributed by atoms with E-state index in [0.29, 0.717) is 0 Å². The molecule has 2 nitrogen and oxygen atoms in total. The summed E-state index contributed by atoms with van der Waals surface area (Å²) in [4.78, 5) is 2.23. The molecule has 1 N–H and O–H groups in total. The smallest absolute Gasteiger partial charge is 0.205 e. The van der Waals surface area contributed by atoms with Gasteiger partial charge < -0.3 is 9.92 Å². The van der Waals surface area contributed by atoms with Gasteiger partial charge >= 0.3 is 0 Å². The van der Waals surface area contributed by atoms with Crippen molar-refractivity contribution in [2.75, 3.05) is 6.54 Å². The van der Waals surface area contributed by atoms with Gasteiger partial charge in [0.15, 0.2) is 0 Å². The maximum Gasteiger partial charge on any atom is 0.205 e. The topological polar surface area (TPSA) is 23.5 Å². The summed E-state index contributed by atoms with van der Waals surface area (Å²) in [5, 5.41) is 11.6. The lowest BCUT2D eigenvalue weighted by Crippen LogP contribution is -2.49. The largest absolute Gasteiger partial charge is 0.379 e. The van der Waals surface area contributed by atoms with Crippen molar-refractivity contribution in [2.24, 2.45) is 0 Å². The SMILES string of the molecule is C=C/C=C(\C=C)C(O)(c1ccccc1)C1CCCN1[B]C. The van der Waals surface area contributed by atoms with Crippen LogP contribution in [0, 0.1) is 0 Å². The number of hydrogen-bond acceptors (Lipinski definition) is 2. The molecule has 0 aliphatic carbocycles. The first kappa shape index (κ1) is 15.8. The third-order valence-electron chi connectivity index (χ3n) is 4.28. The van der Waals surface area contributed by atoms with E-state index in [4.69, 9.17) is 0 Å². The Kier molecular flexibility index (Phi) is 5.21. The third-order valence-corrected chi connectivity index (χ3v) is 4.28. The summed E-state index contributed by atoms with van der Waals surface area (Å²) in [5.74, 6) is 0. The van der Waals surface area contributed by atoms with Crippen molar-refractivity contribution >= 4 is 7.41 Å². The van der Waals surface area contributed by atoms with Gasteiger partial charge in [-0.25, -0.2) is 0 Å². The molecule has 109 valence electrons. The molecule has 1 aromatic carbocycles. The van der Waals surface area contributed by atoms with E-state index >= 15 is 0 Å². The molecular formula is C18H23BNO. The Bertz CT molecular complexity index is 525. The molecule has 1 aromatic rings. The van der Waals surface area contributed by atoms with Gasteiger partial charge in [-0.15, -0.1) is 0 Å². The van der Waals surface area contributed by atoms with Crippen LogP contribution in [0.1, 0.15) is 18.4 Å². The first-order valence-electron chi connectivity index (χ1n) is 7.47. The first-order valence-corrected chi connectivity index (χ1v) is 7.47. The summed E-state index contributed by atoms with van der Waals surface area (Å²) < 4.78 is 0. The molecule has 0 aromatic heterocycles. The van der Waals surface area contributed by atoms with Crippen LogP contribution in [0.25, 0.3) is 0 Å². The Morgan fingerprint density at radius 3 is 2.67 bits per heavy atom. The second kappa shape index (κ2) is 6.92. The van der Waals surface area contributed by atoms with Crippen LogP contribution in [-0.4, -0.2) is 29.9 Å². The summed E-state index contributed by atoms with van der Waals surface area (Å²) in [6, 6.07) is 9.87. The number of allylic oxidation sites excluding steroid dienone is 2. The zero-order chi connectivity index (χ0) is 15.3. The predicted octanol–water partition coefficient (Wildman–Crippen LogP) is 3.30. The number of aliphatic hydroxyl groups is 1. The molecule has 0 spiro atoms. The molecule has 2 rings (SSSR count). The molecule has 1 aliphatic heterocycles. The summed E-state index contributed by atoms with van der Waals surface area (Å²) >= 11 is 0. The Morgan fingerprint density at radius 2 is 2.10 bits per heavy atom. The molecular weight excluding hydrogens is 257 g/mol. The van der Waals surface area contributed by atoms with Crippen molar-refractivity contribution in [1.29, 1.82) is 0 Å². The zero-order valence-electron chi connectivity index (χ0n) is 12.7. The van der Waals surface area contributed by atoms with Crippen LogP contribution < -0.4 is 0 Å². The van der Waals surface area contributed by atoms with Crippen LogP contribution >= 0.6 is 0 Å². The van der Waals surface area contributed by atoms with E-state index in [1.54, 1.807) is 12.2 Å². The molecule has 1 radical (unpaired) electrons. The summed E-state index contributed by atoms with van der Waals surface area (Å²) in [6.45, 7) is 10.7. The van der Waals surface area contributed by atoms with Crippen molar-refractivity contribution < 1.29 is 5.11 Å². The summed E-state index contributed by atoms with van der Waals surface area (Å²) in [5.41, 5.74) is 0.624. The molecule has 1 saturated heterocycles. The third kappa shape index (κ3) is 2.90. The molecule has 21 heavy (non-hydrogen) atoms. The molecule has 0 amide bonds. The fraction of sp³-hybridized carbons (Fsp3) is 0.333. The Morgan fingerprint density at radius 1 is 1.38 bits per heavy atom. The highest BCUT2D eigenvalue weighted by atomic mass is 16.3. The van der Waals surface area contributed by atoms with Crippen LogP contribution in [0.15, 0.2) is 67.3 Å². The van der Waals surface area contributed by atoms with Gasteiger partial charge in [0, 0.05) is 6.04 Å². The molecule has 2 atom stereocenters. The van der Waals surface area contributed by atoms with Gasteiger partial charge in [-0.1, -0.05) is 68.5 Å². The second-order valence-electron chi connectivity index (χ2n) is 5.35. The Hall–Kier alpha value is -1.58. The zero-order valence-corrected chi connectivity index (χ0v) is 12.7. The van der Waals surface area contributed by atoms with Crippen molar-refractivity contribution in [3.8, 4) is 0 Å². The van der Waals surface area contributed by atoms with Crippen molar-refractivity contribution in [2.45, 2.75) is 31.3 Å². The van der Waals surface area contributed by atoms with Crippen LogP contribution in [0.4, 0.5) is 0 Å². The van der Waals surface area contributed by atoms with E-state index in [9.17, 15) is 5.11 Å². The molecule has 0 saturated carbocycles. The van der Waals surface area contributed by atoms with E-state index in [0.717, 1.165) is 30.5 Å². The van der Waals surface area contributed by atoms with Crippen LogP contribution in [0.3, 0.4) is 0 Å². The maximum absolute atomic E-state index is 11.6. The quantitative estimate of drug-likeness (QED) is 0.638. The highest BCUT2D eigenvalue weighted by Gasteiger charge is 2.44. The van der Waals surface area contributed by atoms with Gasteiger partial charge in [-0.05, 0) is 30.5 Å². The van der Waals surface area contributed by atoms with Gasteiger partial charge in [-0.2, -0.15) is 0 Å². The van der Waals surface area contributed by atoms with Crippen molar-refractivity contribution in [3.05, 3.63) is 72.9 Å². The Labute approximate surface area is 128 Å². The highest BCUT2D eigenvalue weighted by molar-refractivity contribution is 6.30. The number of hydrogen-bond donors (Lipinski definition) is 1. The van der Waals surface area contributed by atoms with Gasteiger partial charge in [0.05, 0.1) is 0 Å². The summed E-state index contributed by atoms with van der Waals surface area (Å²) in [6.07, 6.45) is 7.34. The van der Waals surface area contributed by atoms with Crippen LogP contribution in [0.5, 0.6) is 0 Å². The lowest BCUT2D eigenvalue weighted by atomic mass is 9.76. The standard InChI is InChI=1S/C18H23BNO/c1-4-10-15(5-2)18(21,16-11-7-6-8-12-16)17-13-9-14-20(17)19-3/h4-8,10-12,17,21H,1-2,9,13-14H2,3H3/b15-10+. The monoisotopic (exact) mass is 280 g/mol. The van der Waals surface area contributed by atoms with Crippen LogP contribution in [0.2, 0.25) is 6.82 Å². The fourth-order valence-corrected chi connectivity index (χ4v) is 3.27. The Balaban J connectivity index is 2.56. The number of nitrogens with zero attached hydrogens (tertiary/aromatic N) is 1. The van der Waals surface area contributed by atoms with E-state index in [-0.39, 0.29) is 6.04 Å². The average molecular weight is 280 g/mol. The van der Waals surface area contributed by atoms with Crippen molar-refractivity contribution in [3.63, 3.8) is 0 Å². The molecule has 0 bridgehead atoms. The van der Waals surface area contributed by atoms with Gasteiger partial charge in [0.1, 0.15) is 5.60 Å². The minimum atomic E-state index is -1.07. The van der Waals surface area contributed by atoms with E-state index in [1.165, 1.54) is 0 Å². The van der Waals surface area contributed by atoms with Crippen LogP contribution in [-0.2, 0) is 5.60 Å². The maximum atomic E-state index is 11.6. The van der Waals surface area contributed by atoms with E-state index in [1.807, 2.05) is 43.2 Å². The predicted molar refractivity (Wildman–Crippen MR) is 90.2 cm³/mol. The minimum absolute atomic E-state index is 0.0223. The van der Waals surface area contributed by atoms with Gasteiger partial charge in [0.25, 0.3) is 0 Å². The molecule has 2 unspecified atom stereocenters. The average Bonchev–Trinajstić information content (AvgIpc) is 3.01. The highest BCUT2D eigenvalue weighted by Crippen LogP contribution is 2.40. The fourth-order valence-electron chi connectivity index (χ4n) is 3.27. The molecule has 1 heterocycles. The first-order chi connectivity index (χ1) is 10.2. The normalized spacial score (nSPS) is 22.6. The molecule has 3 heteroatoms. The lowest BCUT2D eigenvalue weighted by Gasteiger charge is -2.40. The van der Waals surface area contributed by atoms with Crippen molar-refractivity contribution in [1.82, 2.24) is 4.81 Å². The summed E-state index contributed by atoms with van der Waals surface area (Å²) in [7, 11) is 2.07. The van der Waals surface area contributed by atoms with Gasteiger partial charge in [0.2, 0.25) is 7.41 Å². The lowest BCUT2D eigenvalue weighted by molar-refractivity contribution is 0.0193. The van der Waals surface area contributed by atoms with E-state index in [2.05, 4.69) is 25.4 Å². The number of benzene rings is 1. The number of rotatable bonds is 6. The molecule has 1 aliphatic rings. The van der Waals surface area contributed by atoms with Gasteiger partial charge in [-0.3, -0.25) is 0 Å².